The minimum atomic E-state index is -0.387. The standard InChI is InChI=1S/C23H23F2N5O2S/c24-17-3-1-15(2-4-17)13-26-21(31)16-9-11-30(12-10-16)14-20-28-29-23(33-20)22(32)27-19-7-5-18(25)6-8-19/h1-8,16H,9-14H2,(H,26,31)(H,27,32). The molecule has 1 aliphatic rings. The van der Waals surface area contributed by atoms with Gasteiger partial charge in [0.2, 0.25) is 10.9 Å². The largest absolute Gasteiger partial charge is 0.352 e. The van der Waals surface area contributed by atoms with Crippen molar-refractivity contribution in [3.05, 3.63) is 75.7 Å². The van der Waals surface area contributed by atoms with Crippen molar-refractivity contribution >= 4 is 28.8 Å². The molecule has 0 aliphatic carbocycles. The first-order valence-electron chi connectivity index (χ1n) is 10.6. The summed E-state index contributed by atoms with van der Waals surface area (Å²) >= 11 is 1.21. The number of carbonyl (C=O) groups is 2. The molecular weight excluding hydrogens is 448 g/mol. The Bertz CT molecular complexity index is 1100. The summed E-state index contributed by atoms with van der Waals surface area (Å²) < 4.78 is 26.0. The monoisotopic (exact) mass is 471 g/mol. The fraction of sp³-hybridized carbons (Fsp3) is 0.304. The molecule has 1 aliphatic heterocycles. The van der Waals surface area contributed by atoms with Crippen LogP contribution in [-0.2, 0) is 17.9 Å². The smallest absolute Gasteiger partial charge is 0.286 e. The number of anilines is 1. The summed E-state index contributed by atoms with van der Waals surface area (Å²) in [4.78, 5) is 27.0. The molecule has 3 aromatic rings. The molecule has 172 valence electrons. The number of amides is 2. The van der Waals surface area contributed by atoms with Crippen LogP contribution in [0.3, 0.4) is 0 Å². The molecule has 0 unspecified atom stereocenters. The lowest BCUT2D eigenvalue weighted by molar-refractivity contribution is -0.126. The molecule has 2 N–H and O–H groups in total. The van der Waals surface area contributed by atoms with E-state index >= 15 is 0 Å². The predicted molar refractivity (Wildman–Crippen MR) is 121 cm³/mol. The van der Waals surface area contributed by atoms with Gasteiger partial charge in [-0.25, -0.2) is 8.78 Å². The summed E-state index contributed by atoms with van der Waals surface area (Å²) in [5.74, 6) is -1.11. The molecule has 4 rings (SSSR count). The Hall–Kier alpha value is -3.24. The van der Waals surface area contributed by atoms with Gasteiger partial charge in [-0.1, -0.05) is 23.5 Å². The van der Waals surface area contributed by atoms with Gasteiger partial charge >= 0.3 is 0 Å². The average Bonchev–Trinajstić information content (AvgIpc) is 3.29. The summed E-state index contributed by atoms with van der Waals surface area (Å²) in [5.41, 5.74) is 1.34. The highest BCUT2D eigenvalue weighted by Crippen LogP contribution is 2.21. The molecule has 10 heteroatoms. The fourth-order valence-corrected chi connectivity index (χ4v) is 4.38. The van der Waals surface area contributed by atoms with E-state index in [1.54, 1.807) is 12.1 Å². The highest BCUT2D eigenvalue weighted by atomic mass is 32.1. The highest BCUT2D eigenvalue weighted by molar-refractivity contribution is 7.13. The summed E-state index contributed by atoms with van der Waals surface area (Å²) in [6.07, 6.45) is 1.46. The van der Waals surface area contributed by atoms with Crippen molar-refractivity contribution in [1.82, 2.24) is 20.4 Å². The summed E-state index contributed by atoms with van der Waals surface area (Å²) in [6, 6.07) is 11.6. The molecule has 0 radical (unpaired) electrons. The quantitative estimate of drug-likeness (QED) is 0.550. The molecule has 1 saturated heterocycles. The van der Waals surface area contributed by atoms with Crippen LogP contribution >= 0.6 is 11.3 Å². The van der Waals surface area contributed by atoms with E-state index in [0.29, 0.717) is 18.8 Å². The zero-order valence-corrected chi connectivity index (χ0v) is 18.6. The van der Waals surface area contributed by atoms with Crippen LogP contribution in [0.15, 0.2) is 48.5 Å². The minimum absolute atomic E-state index is 0.00893. The van der Waals surface area contributed by atoms with Gasteiger partial charge in [0.1, 0.15) is 16.6 Å². The number of likely N-dealkylation sites (tertiary alicyclic amines) is 1. The first kappa shape index (κ1) is 22.9. The van der Waals surface area contributed by atoms with Crippen LogP contribution in [-0.4, -0.2) is 40.0 Å². The van der Waals surface area contributed by atoms with Crippen molar-refractivity contribution in [1.29, 1.82) is 0 Å². The van der Waals surface area contributed by atoms with Crippen molar-refractivity contribution in [2.75, 3.05) is 18.4 Å². The van der Waals surface area contributed by atoms with Crippen molar-refractivity contribution in [3.63, 3.8) is 0 Å². The lowest BCUT2D eigenvalue weighted by Gasteiger charge is -2.30. The summed E-state index contributed by atoms with van der Waals surface area (Å²) in [5, 5.41) is 14.6. The lowest BCUT2D eigenvalue weighted by Crippen LogP contribution is -2.40. The van der Waals surface area contributed by atoms with E-state index in [9.17, 15) is 18.4 Å². The lowest BCUT2D eigenvalue weighted by atomic mass is 9.96. The first-order chi connectivity index (χ1) is 16.0. The van der Waals surface area contributed by atoms with Gasteiger partial charge in [0.25, 0.3) is 5.91 Å². The second-order valence-corrected chi connectivity index (χ2v) is 8.92. The van der Waals surface area contributed by atoms with Crippen LogP contribution in [0, 0.1) is 17.6 Å². The van der Waals surface area contributed by atoms with Crippen molar-refractivity contribution in [3.8, 4) is 0 Å². The number of aromatic nitrogens is 2. The zero-order chi connectivity index (χ0) is 23.2. The number of hydrogen-bond acceptors (Lipinski definition) is 6. The van der Waals surface area contributed by atoms with E-state index in [1.165, 1.54) is 47.7 Å². The van der Waals surface area contributed by atoms with Gasteiger partial charge in [-0.2, -0.15) is 0 Å². The molecule has 7 nitrogen and oxygen atoms in total. The zero-order valence-electron chi connectivity index (χ0n) is 17.8. The molecular formula is C23H23F2N5O2S. The van der Waals surface area contributed by atoms with Crippen LogP contribution in [0.2, 0.25) is 0 Å². The van der Waals surface area contributed by atoms with E-state index in [2.05, 4.69) is 25.7 Å². The number of carbonyl (C=O) groups excluding carboxylic acids is 2. The number of halogens is 2. The SMILES string of the molecule is O=C(Nc1ccc(F)cc1)c1nnc(CN2CCC(C(=O)NCc3ccc(F)cc3)CC2)s1. The van der Waals surface area contributed by atoms with Crippen LogP contribution in [0.5, 0.6) is 0 Å². The molecule has 0 spiro atoms. The number of nitrogens with one attached hydrogen (secondary N) is 2. The number of piperidine rings is 1. The van der Waals surface area contributed by atoms with Crippen molar-refractivity contribution < 1.29 is 18.4 Å². The van der Waals surface area contributed by atoms with Crippen LogP contribution in [0.25, 0.3) is 0 Å². The first-order valence-corrected chi connectivity index (χ1v) is 11.4. The predicted octanol–water partition coefficient (Wildman–Crippen LogP) is 3.60. The van der Waals surface area contributed by atoms with Gasteiger partial charge in [-0.3, -0.25) is 14.5 Å². The molecule has 0 bridgehead atoms. The molecule has 1 aromatic heterocycles. The van der Waals surface area contributed by atoms with E-state index in [-0.39, 0.29) is 34.4 Å². The van der Waals surface area contributed by atoms with Gasteiger partial charge in [-0.15, -0.1) is 10.2 Å². The Balaban J connectivity index is 1.21. The third-order valence-electron chi connectivity index (χ3n) is 5.46. The molecule has 1 fully saturated rings. The van der Waals surface area contributed by atoms with Crippen LogP contribution < -0.4 is 10.6 Å². The van der Waals surface area contributed by atoms with Gasteiger partial charge in [0.05, 0.1) is 6.54 Å². The second-order valence-electron chi connectivity index (χ2n) is 7.86. The Labute approximate surface area is 193 Å². The van der Waals surface area contributed by atoms with E-state index in [1.807, 2.05) is 0 Å². The maximum absolute atomic E-state index is 13.0. The molecule has 0 saturated carbocycles. The maximum Gasteiger partial charge on any atom is 0.286 e. The molecule has 2 aromatic carbocycles. The van der Waals surface area contributed by atoms with Crippen molar-refractivity contribution in [2.45, 2.75) is 25.9 Å². The molecule has 2 amide bonds. The summed E-state index contributed by atoms with van der Waals surface area (Å²) in [7, 11) is 0. The van der Waals surface area contributed by atoms with Gasteiger partial charge < -0.3 is 10.6 Å². The Kier molecular flexibility index (Phi) is 7.36. The normalized spacial score (nSPS) is 14.7. The van der Waals surface area contributed by atoms with Gasteiger partial charge in [0.15, 0.2) is 0 Å². The van der Waals surface area contributed by atoms with E-state index in [0.717, 1.165) is 36.5 Å². The van der Waals surface area contributed by atoms with Gasteiger partial charge in [-0.05, 0) is 67.9 Å². The minimum Gasteiger partial charge on any atom is -0.352 e. The number of hydrogen-bond donors (Lipinski definition) is 2. The topological polar surface area (TPSA) is 87.2 Å². The van der Waals surface area contributed by atoms with E-state index in [4.69, 9.17) is 0 Å². The second kappa shape index (κ2) is 10.6. The van der Waals surface area contributed by atoms with Crippen molar-refractivity contribution in [2.24, 2.45) is 5.92 Å². The highest BCUT2D eigenvalue weighted by Gasteiger charge is 2.25. The Morgan fingerprint density at radius 3 is 2.27 bits per heavy atom. The Morgan fingerprint density at radius 1 is 0.970 bits per heavy atom. The number of nitrogens with zero attached hydrogens (tertiary/aromatic N) is 3. The number of benzene rings is 2. The van der Waals surface area contributed by atoms with Crippen LogP contribution in [0.4, 0.5) is 14.5 Å². The molecule has 0 atom stereocenters. The number of rotatable bonds is 7. The third-order valence-corrected chi connectivity index (χ3v) is 6.37. The third kappa shape index (κ3) is 6.39. The Morgan fingerprint density at radius 2 is 1.61 bits per heavy atom. The molecule has 33 heavy (non-hydrogen) atoms. The van der Waals surface area contributed by atoms with Crippen LogP contribution in [0.1, 0.15) is 33.2 Å². The fourth-order valence-electron chi connectivity index (χ4n) is 3.61. The van der Waals surface area contributed by atoms with E-state index < -0.39 is 0 Å². The van der Waals surface area contributed by atoms with Gasteiger partial charge in [0, 0.05) is 18.2 Å². The summed E-state index contributed by atoms with van der Waals surface area (Å²) in [6.45, 7) is 2.43. The maximum atomic E-state index is 13.0. The average molecular weight is 472 g/mol. The molecule has 2 heterocycles.